The number of carboxylic acids is 1. The Morgan fingerprint density at radius 1 is 1.18 bits per heavy atom. The van der Waals surface area contributed by atoms with Crippen molar-refractivity contribution in [2.24, 2.45) is 17.8 Å². The van der Waals surface area contributed by atoms with E-state index in [-0.39, 0.29) is 5.91 Å². The van der Waals surface area contributed by atoms with Crippen LogP contribution in [0.15, 0.2) is 42.5 Å². The summed E-state index contributed by atoms with van der Waals surface area (Å²) in [6, 6.07) is 4.53. The second-order valence-electron chi connectivity index (χ2n) is 6.85. The summed E-state index contributed by atoms with van der Waals surface area (Å²) in [5, 5.41) is 12.2. The zero-order chi connectivity index (χ0) is 20.3. The third-order valence-corrected chi connectivity index (χ3v) is 5.66. The smallest absolute Gasteiger partial charge is 0.230 e. The molecule has 1 heterocycles. The normalized spacial score (nSPS) is 26.1. The lowest BCUT2D eigenvalue weighted by Gasteiger charge is -2.49. The maximum atomic E-state index is 13.2. The molecule has 1 saturated heterocycles. The van der Waals surface area contributed by atoms with Gasteiger partial charge in [-0.3, -0.25) is 4.79 Å². The number of aliphatic carboxylic acids is 1. The number of allylic oxidation sites excluding steroid dienone is 3. The molecule has 7 heteroatoms. The van der Waals surface area contributed by atoms with Gasteiger partial charge in [-0.05, 0) is 24.1 Å². The van der Waals surface area contributed by atoms with E-state index in [1.54, 1.807) is 47.4 Å². The van der Waals surface area contributed by atoms with Crippen LogP contribution in [0.5, 0.6) is 11.5 Å². The Labute approximate surface area is 169 Å². The molecule has 1 aromatic carbocycles. The minimum absolute atomic E-state index is 0.104. The molecule has 1 aliphatic carbocycles. The van der Waals surface area contributed by atoms with E-state index in [0.29, 0.717) is 35.9 Å². The highest BCUT2D eigenvalue weighted by molar-refractivity contribution is 6.17. The van der Waals surface area contributed by atoms with Crippen LogP contribution in [-0.2, 0) is 9.59 Å². The van der Waals surface area contributed by atoms with Gasteiger partial charge >= 0.3 is 0 Å². The maximum absolute atomic E-state index is 13.2. The van der Waals surface area contributed by atoms with Crippen LogP contribution in [0.3, 0.4) is 0 Å². The van der Waals surface area contributed by atoms with E-state index in [4.69, 9.17) is 21.1 Å². The SMILES string of the molecule is COc1ccc([C@@H]2[C@H](C(=O)[O-])[C@@H]3C=CC=C[C@@H]3C(=O)N2CCCCl)cc1OC. The largest absolute Gasteiger partial charge is 0.550 e. The van der Waals surface area contributed by atoms with Gasteiger partial charge in [-0.2, -0.15) is 0 Å². The van der Waals surface area contributed by atoms with Gasteiger partial charge in [0.2, 0.25) is 5.91 Å². The second-order valence-corrected chi connectivity index (χ2v) is 7.23. The molecule has 0 aromatic heterocycles. The number of piperidine rings is 1. The predicted octanol–water partition coefficient (Wildman–Crippen LogP) is 1.94. The van der Waals surface area contributed by atoms with Crippen LogP contribution in [-0.4, -0.2) is 43.4 Å². The first kappa shape index (κ1) is 20.3. The zero-order valence-corrected chi connectivity index (χ0v) is 16.6. The van der Waals surface area contributed by atoms with Crippen LogP contribution in [0.2, 0.25) is 0 Å². The number of alkyl halides is 1. The molecule has 0 spiro atoms. The molecule has 0 unspecified atom stereocenters. The van der Waals surface area contributed by atoms with E-state index in [0.717, 1.165) is 0 Å². The summed E-state index contributed by atoms with van der Waals surface area (Å²) in [7, 11) is 3.04. The summed E-state index contributed by atoms with van der Waals surface area (Å²) in [6.45, 7) is 0.367. The molecule has 1 aliphatic heterocycles. The van der Waals surface area contributed by atoms with Crippen molar-refractivity contribution in [3.63, 3.8) is 0 Å². The third kappa shape index (κ3) is 3.61. The fraction of sp³-hybridized carbons (Fsp3) is 0.429. The van der Waals surface area contributed by atoms with Crippen molar-refractivity contribution in [3.8, 4) is 11.5 Å². The number of halogens is 1. The molecule has 1 amide bonds. The van der Waals surface area contributed by atoms with E-state index in [2.05, 4.69) is 0 Å². The lowest BCUT2D eigenvalue weighted by atomic mass is 9.69. The average molecular weight is 405 g/mol. The number of amides is 1. The third-order valence-electron chi connectivity index (χ3n) is 5.39. The standard InChI is InChI=1S/C21H24ClNO5/c1-27-16-9-8-13(12-17(16)28-2)19-18(21(25)26)14-6-3-4-7-15(14)20(24)23(19)11-5-10-22/h3-4,6-9,12,14-15,18-19H,5,10-11H2,1-2H3,(H,25,26)/p-1/t14-,15+,18-,19-/m1/s1. The van der Waals surface area contributed by atoms with Crippen LogP contribution >= 0.6 is 11.6 Å². The minimum Gasteiger partial charge on any atom is -0.550 e. The molecule has 6 nitrogen and oxygen atoms in total. The van der Waals surface area contributed by atoms with E-state index in [9.17, 15) is 14.7 Å². The number of rotatable bonds is 7. The maximum Gasteiger partial charge on any atom is 0.230 e. The summed E-state index contributed by atoms with van der Waals surface area (Å²) in [5.74, 6) is -1.77. The van der Waals surface area contributed by atoms with E-state index < -0.39 is 29.8 Å². The van der Waals surface area contributed by atoms with Gasteiger partial charge in [-0.25, -0.2) is 0 Å². The molecule has 0 bridgehead atoms. The molecular weight excluding hydrogens is 382 g/mol. The zero-order valence-electron chi connectivity index (χ0n) is 15.8. The Bertz CT molecular complexity index is 806. The van der Waals surface area contributed by atoms with Gasteiger partial charge in [0.1, 0.15) is 0 Å². The lowest BCUT2D eigenvalue weighted by Crippen LogP contribution is -2.56. The molecule has 0 N–H and O–H groups in total. The summed E-state index contributed by atoms with van der Waals surface area (Å²) >= 11 is 5.86. The summed E-state index contributed by atoms with van der Waals surface area (Å²) in [5.41, 5.74) is 0.663. The molecule has 2 aliphatic rings. The fourth-order valence-electron chi connectivity index (χ4n) is 4.14. The molecule has 3 rings (SSSR count). The monoisotopic (exact) mass is 404 g/mol. The Balaban J connectivity index is 2.11. The minimum atomic E-state index is -1.18. The lowest BCUT2D eigenvalue weighted by molar-refractivity contribution is -0.316. The average Bonchev–Trinajstić information content (AvgIpc) is 2.72. The number of ether oxygens (including phenoxy) is 2. The van der Waals surface area contributed by atoms with Crippen molar-refractivity contribution in [1.29, 1.82) is 0 Å². The topological polar surface area (TPSA) is 78.9 Å². The van der Waals surface area contributed by atoms with Crippen molar-refractivity contribution < 1.29 is 24.2 Å². The van der Waals surface area contributed by atoms with Crippen molar-refractivity contribution >= 4 is 23.5 Å². The van der Waals surface area contributed by atoms with Gasteiger partial charge in [0.05, 0.1) is 26.2 Å². The molecule has 150 valence electrons. The highest BCUT2D eigenvalue weighted by atomic mass is 35.5. The first-order valence-electron chi connectivity index (χ1n) is 9.17. The molecule has 0 saturated carbocycles. The first-order chi connectivity index (χ1) is 13.5. The second kappa shape index (κ2) is 8.69. The number of carbonyl (C=O) groups is 2. The highest BCUT2D eigenvalue weighted by Gasteiger charge is 2.48. The number of likely N-dealkylation sites (tertiary alicyclic amines) is 1. The van der Waals surface area contributed by atoms with Crippen molar-refractivity contribution in [2.45, 2.75) is 12.5 Å². The number of carboxylic acid groups (broad SMARTS) is 1. The number of nitrogens with zero attached hydrogens (tertiary/aromatic N) is 1. The Hall–Kier alpha value is -2.47. The van der Waals surface area contributed by atoms with Gasteiger partial charge in [0.15, 0.2) is 11.5 Å². The van der Waals surface area contributed by atoms with E-state index >= 15 is 0 Å². The molecule has 28 heavy (non-hydrogen) atoms. The van der Waals surface area contributed by atoms with Crippen LogP contribution in [0, 0.1) is 17.8 Å². The van der Waals surface area contributed by atoms with Gasteiger partial charge in [0.25, 0.3) is 0 Å². The van der Waals surface area contributed by atoms with Crippen molar-refractivity contribution in [3.05, 3.63) is 48.1 Å². The summed E-state index contributed by atoms with van der Waals surface area (Å²) in [6.07, 6.45) is 7.68. The van der Waals surface area contributed by atoms with Gasteiger partial charge in [0, 0.05) is 30.2 Å². The molecule has 0 radical (unpaired) electrons. The Morgan fingerprint density at radius 2 is 1.89 bits per heavy atom. The number of methoxy groups -OCH3 is 2. The van der Waals surface area contributed by atoms with E-state index in [1.807, 2.05) is 0 Å². The first-order valence-corrected chi connectivity index (χ1v) is 9.71. The van der Waals surface area contributed by atoms with Gasteiger partial charge in [-0.15, -0.1) is 11.6 Å². The Morgan fingerprint density at radius 3 is 2.54 bits per heavy atom. The molecular formula is C21H23ClNO5-. The van der Waals surface area contributed by atoms with Crippen molar-refractivity contribution in [1.82, 2.24) is 4.90 Å². The predicted molar refractivity (Wildman–Crippen MR) is 103 cm³/mol. The van der Waals surface area contributed by atoms with Crippen LogP contribution < -0.4 is 14.6 Å². The fourth-order valence-corrected chi connectivity index (χ4v) is 4.26. The van der Waals surface area contributed by atoms with Gasteiger partial charge < -0.3 is 24.3 Å². The van der Waals surface area contributed by atoms with E-state index in [1.165, 1.54) is 14.2 Å². The summed E-state index contributed by atoms with van der Waals surface area (Å²) < 4.78 is 10.7. The summed E-state index contributed by atoms with van der Waals surface area (Å²) in [4.78, 5) is 27.1. The quantitative estimate of drug-likeness (QED) is 0.649. The molecule has 1 fully saturated rings. The van der Waals surface area contributed by atoms with Crippen molar-refractivity contribution in [2.75, 3.05) is 26.6 Å². The molecule has 1 aromatic rings. The number of fused-ring (bicyclic) bond motifs is 1. The highest BCUT2D eigenvalue weighted by Crippen LogP contribution is 2.46. The number of hydrogen-bond acceptors (Lipinski definition) is 5. The van der Waals surface area contributed by atoms with Crippen LogP contribution in [0.1, 0.15) is 18.0 Å². The number of carbonyl (C=O) groups excluding carboxylic acids is 2. The van der Waals surface area contributed by atoms with Gasteiger partial charge in [-0.1, -0.05) is 30.4 Å². The van der Waals surface area contributed by atoms with Crippen LogP contribution in [0.25, 0.3) is 0 Å². The van der Waals surface area contributed by atoms with Crippen LogP contribution in [0.4, 0.5) is 0 Å². The number of benzene rings is 1. The number of hydrogen-bond donors (Lipinski definition) is 0. The Kier molecular flexibility index (Phi) is 6.29. The molecule has 4 atom stereocenters.